The molecule has 3 nitrogen and oxygen atoms in total. The number of aryl methyl sites for hydroxylation is 2. The molecular formula is C14H10Cl2N2OS2. The summed E-state index contributed by atoms with van der Waals surface area (Å²) in [4.78, 5) is 16.7. The Kier molecular flexibility index (Phi) is 3.92. The van der Waals surface area contributed by atoms with Crippen LogP contribution >= 0.6 is 45.9 Å². The molecule has 0 aliphatic rings. The van der Waals surface area contributed by atoms with Crippen molar-refractivity contribution in [1.29, 1.82) is 0 Å². The van der Waals surface area contributed by atoms with Crippen LogP contribution in [-0.2, 0) is 0 Å². The van der Waals surface area contributed by atoms with Crippen LogP contribution < -0.4 is 5.32 Å². The summed E-state index contributed by atoms with van der Waals surface area (Å²) >= 11 is 14.5. The molecular weight excluding hydrogens is 347 g/mol. The number of hydrogen-bond acceptors (Lipinski definition) is 4. The van der Waals surface area contributed by atoms with Crippen LogP contribution in [0.25, 0.3) is 10.2 Å². The second-order valence-electron chi connectivity index (χ2n) is 4.64. The number of carbonyl (C=O) groups is 1. The molecule has 0 aliphatic heterocycles. The van der Waals surface area contributed by atoms with Crippen LogP contribution in [0, 0.1) is 13.8 Å². The van der Waals surface area contributed by atoms with Gasteiger partial charge < -0.3 is 0 Å². The van der Waals surface area contributed by atoms with Gasteiger partial charge in [-0.1, -0.05) is 40.6 Å². The monoisotopic (exact) mass is 356 g/mol. The molecule has 0 aliphatic carbocycles. The van der Waals surface area contributed by atoms with Gasteiger partial charge in [0.25, 0.3) is 5.91 Å². The van der Waals surface area contributed by atoms with Crippen LogP contribution in [0.4, 0.5) is 5.13 Å². The van der Waals surface area contributed by atoms with E-state index in [0.29, 0.717) is 19.4 Å². The van der Waals surface area contributed by atoms with Crippen LogP contribution in [0.1, 0.15) is 21.5 Å². The molecule has 3 aromatic rings. The van der Waals surface area contributed by atoms with E-state index in [4.69, 9.17) is 23.2 Å². The number of halogens is 2. The van der Waals surface area contributed by atoms with E-state index < -0.39 is 0 Å². The third-order valence-corrected chi connectivity index (χ3v) is 5.36. The van der Waals surface area contributed by atoms with Gasteiger partial charge in [0.05, 0.1) is 20.1 Å². The average Bonchev–Trinajstić information content (AvgIpc) is 2.92. The number of benzene rings is 1. The Balaban J connectivity index is 1.93. The molecule has 21 heavy (non-hydrogen) atoms. The van der Waals surface area contributed by atoms with Crippen LogP contribution in [0.5, 0.6) is 0 Å². The number of hydrogen-bond donors (Lipinski definition) is 1. The Bertz CT molecular complexity index is 854. The summed E-state index contributed by atoms with van der Waals surface area (Å²) in [5, 5.41) is 3.34. The van der Waals surface area contributed by atoms with Gasteiger partial charge in [-0.25, -0.2) is 4.98 Å². The zero-order valence-electron chi connectivity index (χ0n) is 11.2. The Morgan fingerprint density at radius 3 is 2.62 bits per heavy atom. The minimum Gasteiger partial charge on any atom is -0.298 e. The van der Waals surface area contributed by atoms with E-state index in [1.807, 2.05) is 13.8 Å². The van der Waals surface area contributed by atoms with Crippen molar-refractivity contribution < 1.29 is 4.79 Å². The first kappa shape index (κ1) is 14.8. The van der Waals surface area contributed by atoms with Gasteiger partial charge >= 0.3 is 0 Å². The first-order valence-corrected chi connectivity index (χ1v) is 8.47. The molecule has 3 rings (SSSR count). The SMILES string of the molecule is Cc1cc(C)c2nc(NC(=O)c3cc(Cl)sc3Cl)sc2c1. The van der Waals surface area contributed by atoms with Crippen LogP contribution in [0.2, 0.25) is 8.67 Å². The molecule has 0 saturated heterocycles. The summed E-state index contributed by atoms with van der Waals surface area (Å²) in [6.45, 7) is 4.05. The molecule has 1 aromatic carbocycles. The lowest BCUT2D eigenvalue weighted by molar-refractivity contribution is 0.102. The molecule has 108 valence electrons. The number of nitrogens with one attached hydrogen (secondary N) is 1. The Morgan fingerprint density at radius 1 is 1.19 bits per heavy atom. The standard InChI is InChI=1S/C14H10Cl2N2OS2/c1-6-3-7(2)11-9(4-6)20-14(17-11)18-13(19)8-5-10(15)21-12(8)16/h3-5H,1-2H3,(H,17,18,19). The number of aromatic nitrogens is 1. The van der Waals surface area contributed by atoms with Crippen molar-refractivity contribution in [2.75, 3.05) is 5.32 Å². The van der Waals surface area contributed by atoms with Gasteiger partial charge in [-0.15, -0.1) is 11.3 Å². The molecule has 2 aromatic heterocycles. The lowest BCUT2D eigenvalue weighted by Gasteiger charge is -1.98. The molecule has 0 fully saturated rings. The van der Waals surface area contributed by atoms with Crippen molar-refractivity contribution in [3.05, 3.63) is 43.6 Å². The normalized spacial score (nSPS) is 11.0. The molecule has 0 saturated carbocycles. The predicted molar refractivity (Wildman–Crippen MR) is 91.4 cm³/mol. The molecule has 0 spiro atoms. The van der Waals surface area contributed by atoms with Crippen molar-refractivity contribution in [2.45, 2.75) is 13.8 Å². The zero-order chi connectivity index (χ0) is 15.1. The number of anilines is 1. The minimum atomic E-state index is -0.295. The summed E-state index contributed by atoms with van der Waals surface area (Å²) in [6, 6.07) is 5.69. The highest BCUT2D eigenvalue weighted by atomic mass is 35.5. The van der Waals surface area contributed by atoms with E-state index in [0.717, 1.165) is 15.8 Å². The smallest absolute Gasteiger partial charge is 0.259 e. The predicted octanol–water partition coefficient (Wildman–Crippen LogP) is 5.53. The van der Waals surface area contributed by atoms with Crippen LogP contribution in [0.3, 0.4) is 0 Å². The summed E-state index contributed by atoms with van der Waals surface area (Å²) in [6.07, 6.45) is 0. The molecule has 1 amide bonds. The van der Waals surface area contributed by atoms with Gasteiger partial charge in [0, 0.05) is 0 Å². The number of fused-ring (bicyclic) bond motifs is 1. The van der Waals surface area contributed by atoms with Crippen LogP contribution in [-0.4, -0.2) is 10.9 Å². The van der Waals surface area contributed by atoms with Gasteiger partial charge in [-0.3, -0.25) is 10.1 Å². The number of amides is 1. The quantitative estimate of drug-likeness (QED) is 0.655. The fraction of sp³-hybridized carbons (Fsp3) is 0.143. The van der Waals surface area contributed by atoms with Gasteiger partial charge in [-0.05, 0) is 37.1 Å². The summed E-state index contributed by atoms with van der Waals surface area (Å²) in [5.74, 6) is -0.295. The first-order chi connectivity index (χ1) is 9.94. The average molecular weight is 357 g/mol. The minimum absolute atomic E-state index is 0.295. The lowest BCUT2D eigenvalue weighted by Crippen LogP contribution is -2.10. The second-order valence-corrected chi connectivity index (χ2v) is 7.96. The number of thiazole rings is 1. The number of nitrogens with zero attached hydrogens (tertiary/aromatic N) is 1. The highest BCUT2D eigenvalue weighted by molar-refractivity contribution is 7.22. The largest absolute Gasteiger partial charge is 0.298 e. The molecule has 0 unspecified atom stereocenters. The van der Waals surface area contributed by atoms with Gasteiger partial charge in [0.2, 0.25) is 0 Å². The number of thiophene rings is 1. The van der Waals surface area contributed by atoms with Crippen molar-refractivity contribution in [3.63, 3.8) is 0 Å². The first-order valence-electron chi connectivity index (χ1n) is 6.08. The summed E-state index contributed by atoms with van der Waals surface area (Å²) in [5.41, 5.74) is 3.56. The van der Waals surface area contributed by atoms with Crippen molar-refractivity contribution in [1.82, 2.24) is 4.98 Å². The number of carbonyl (C=O) groups excluding carboxylic acids is 1. The fourth-order valence-electron chi connectivity index (χ4n) is 2.08. The van der Waals surface area contributed by atoms with Gasteiger partial charge in [0.1, 0.15) is 4.34 Å². The van der Waals surface area contributed by atoms with Crippen molar-refractivity contribution in [2.24, 2.45) is 0 Å². The summed E-state index contributed by atoms with van der Waals surface area (Å²) in [7, 11) is 0. The van der Waals surface area contributed by atoms with Crippen molar-refractivity contribution in [3.8, 4) is 0 Å². The van der Waals surface area contributed by atoms with Gasteiger partial charge in [0.15, 0.2) is 5.13 Å². The fourth-order valence-corrected chi connectivity index (χ4v) is 4.58. The zero-order valence-corrected chi connectivity index (χ0v) is 14.3. The molecule has 0 atom stereocenters. The second kappa shape index (κ2) is 5.57. The van der Waals surface area contributed by atoms with E-state index in [9.17, 15) is 4.79 Å². The van der Waals surface area contributed by atoms with Crippen LogP contribution in [0.15, 0.2) is 18.2 Å². The maximum Gasteiger partial charge on any atom is 0.259 e. The summed E-state index contributed by atoms with van der Waals surface area (Å²) < 4.78 is 1.92. The van der Waals surface area contributed by atoms with Crippen molar-refractivity contribution >= 4 is 67.1 Å². The Labute approximate surface area is 139 Å². The molecule has 1 N–H and O–H groups in total. The highest BCUT2D eigenvalue weighted by Crippen LogP contribution is 2.33. The third-order valence-electron chi connectivity index (χ3n) is 2.95. The maximum absolute atomic E-state index is 12.2. The highest BCUT2D eigenvalue weighted by Gasteiger charge is 2.16. The van der Waals surface area contributed by atoms with E-state index in [1.54, 1.807) is 6.07 Å². The van der Waals surface area contributed by atoms with E-state index >= 15 is 0 Å². The molecule has 0 radical (unpaired) electrons. The molecule has 0 bridgehead atoms. The van der Waals surface area contributed by atoms with Gasteiger partial charge in [-0.2, -0.15) is 0 Å². The third kappa shape index (κ3) is 2.92. The van der Waals surface area contributed by atoms with E-state index in [2.05, 4.69) is 22.4 Å². The number of rotatable bonds is 2. The molecule has 7 heteroatoms. The van der Waals surface area contributed by atoms with E-state index in [-0.39, 0.29) is 5.91 Å². The Morgan fingerprint density at radius 2 is 1.95 bits per heavy atom. The Hall–Kier alpha value is -1.14. The molecule has 2 heterocycles. The topological polar surface area (TPSA) is 42.0 Å². The lowest BCUT2D eigenvalue weighted by atomic mass is 10.1. The maximum atomic E-state index is 12.2. The van der Waals surface area contributed by atoms with E-state index in [1.165, 1.54) is 28.2 Å².